The standard InChI is InChI=1S/C6H11BrO3/c1-3-4(7)6(2,10)5(8)9/h4,10H,3H2,1-2H3,(H,8,9). The fourth-order valence-corrected chi connectivity index (χ4v) is 0.727. The molecule has 0 rings (SSSR count). The van der Waals surface area contributed by atoms with Crippen molar-refractivity contribution >= 4 is 21.9 Å². The van der Waals surface area contributed by atoms with Crippen LogP contribution in [0.1, 0.15) is 20.3 Å². The molecule has 0 radical (unpaired) electrons. The Balaban J connectivity index is 4.23. The van der Waals surface area contributed by atoms with Gasteiger partial charge in [-0.2, -0.15) is 0 Å². The summed E-state index contributed by atoms with van der Waals surface area (Å²) in [7, 11) is 0. The van der Waals surface area contributed by atoms with Crippen molar-refractivity contribution in [3.05, 3.63) is 0 Å². The summed E-state index contributed by atoms with van der Waals surface area (Å²) in [6.45, 7) is 3.08. The Bertz CT molecular complexity index is 133. The number of aliphatic hydroxyl groups is 1. The number of aliphatic carboxylic acids is 1. The summed E-state index contributed by atoms with van der Waals surface area (Å²) in [5.41, 5.74) is -1.66. The average molecular weight is 211 g/mol. The molecule has 0 aromatic rings. The van der Waals surface area contributed by atoms with Crippen molar-refractivity contribution in [2.24, 2.45) is 0 Å². The molecule has 10 heavy (non-hydrogen) atoms. The summed E-state index contributed by atoms with van der Waals surface area (Å²) in [6, 6.07) is 0. The molecule has 0 aromatic heterocycles. The van der Waals surface area contributed by atoms with Gasteiger partial charge in [0.05, 0.1) is 4.83 Å². The number of hydrogen-bond acceptors (Lipinski definition) is 2. The maximum atomic E-state index is 10.3. The Morgan fingerprint density at radius 1 is 1.80 bits per heavy atom. The summed E-state index contributed by atoms with van der Waals surface area (Å²) in [5.74, 6) is -1.20. The van der Waals surface area contributed by atoms with Crippen molar-refractivity contribution in [3.63, 3.8) is 0 Å². The lowest BCUT2D eigenvalue weighted by Crippen LogP contribution is -2.43. The second-order valence-electron chi connectivity index (χ2n) is 2.33. The zero-order chi connectivity index (χ0) is 8.36. The van der Waals surface area contributed by atoms with Crippen LogP contribution in [0.4, 0.5) is 0 Å². The number of rotatable bonds is 3. The summed E-state index contributed by atoms with van der Waals surface area (Å²) in [5, 5.41) is 17.7. The third-order valence-electron chi connectivity index (χ3n) is 1.40. The lowest BCUT2D eigenvalue weighted by molar-refractivity contribution is -0.156. The SMILES string of the molecule is CCC(Br)C(C)(O)C(=O)O. The quantitative estimate of drug-likeness (QED) is 0.684. The fraction of sp³-hybridized carbons (Fsp3) is 0.833. The van der Waals surface area contributed by atoms with Crippen molar-refractivity contribution < 1.29 is 15.0 Å². The van der Waals surface area contributed by atoms with Crippen molar-refractivity contribution in [2.45, 2.75) is 30.7 Å². The van der Waals surface area contributed by atoms with E-state index in [0.717, 1.165) is 0 Å². The molecule has 0 aliphatic rings. The zero-order valence-electron chi connectivity index (χ0n) is 5.97. The molecule has 0 bridgehead atoms. The maximum Gasteiger partial charge on any atom is 0.336 e. The number of alkyl halides is 1. The van der Waals surface area contributed by atoms with E-state index in [1.54, 1.807) is 6.92 Å². The molecule has 60 valence electrons. The summed E-state index contributed by atoms with van der Waals surface area (Å²) < 4.78 is 0. The highest BCUT2D eigenvalue weighted by Crippen LogP contribution is 2.20. The van der Waals surface area contributed by atoms with E-state index >= 15 is 0 Å². The number of halogens is 1. The lowest BCUT2D eigenvalue weighted by atomic mass is 10.0. The number of carboxylic acids is 1. The van der Waals surface area contributed by atoms with Crippen LogP contribution in [0.15, 0.2) is 0 Å². The van der Waals surface area contributed by atoms with Gasteiger partial charge in [0, 0.05) is 0 Å². The van der Waals surface area contributed by atoms with Crippen LogP contribution in [0.5, 0.6) is 0 Å². The Labute approximate surface area is 68.2 Å². The monoisotopic (exact) mass is 210 g/mol. The first kappa shape index (κ1) is 9.91. The largest absolute Gasteiger partial charge is 0.479 e. The fourth-order valence-electron chi connectivity index (χ4n) is 0.531. The van der Waals surface area contributed by atoms with Crippen molar-refractivity contribution in [2.75, 3.05) is 0 Å². The van der Waals surface area contributed by atoms with Crippen LogP contribution in [0.3, 0.4) is 0 Å². The topological polar surface area (TPSA) is 57.5 Å². The van der Waals surface area contributed by atoms with Gasteiger partial charge in [-0.1, -0.05) is 22.9 Å². The molecule has 0 aliphatic carbocycles. The second kappa shape index (κ2) is 3.34. The van der Waals surface area contributed by atoms with E-state index in [4.69, 9.17) is 5.11 Å². The first-order valence-electron chi connectivity index (χ1n) is 3.02. The van der Waals surface area contributed by atoms with Gasteiger partial charge in [-0.25, -0.2) is 4.79 Å². The Hall–Kier alpha value is -0.0900. The zero-order valence-corrected chi connectivity index (χ0v) is 7.55. The predicted molar refractivity (Wildman–Crippen MR) is 41.3 cm³/mol. The highest BCUT2D eigenvalue weighted by atomic mass is 79.9. The van der Waals surface area contributed by atoms with Crippen LogP contribution >= 0.6 is 15.9 Å². The number of hydrogen-bond donors (Lipinski definition) is 2. The molecule has 2 unspecified atom stereocenters. The van der Waals surface area contributed by atoms with Gasteiger partial charge in [-0.3, -0.25) is 0 Å². The van der Waals surface area contributed by atoms with E-state index in [9.17, 15) is 9.90 Å². The van der Waals surface area contributed by atoms with E-state index in [1.165, 1.54) is 6.92 Å². The van der Waals surface area contributed by atoms with Crippen LogP contribution in [0, 0.1) is 0 Å². The van der Waals surface area contributed by atoms with Crippen LogP contribution in [-0.4, -0.2) is 26.6 Å². The maximum absolute atomic E-state index is 10.3. The van der Waals surface area contributed by atoms with Gasteiger partial charge in [0.1, 0.15) is 0 Å². The normalized spacial score (nSPS) is 19.6. The minimum Gasteiger partial charge on any atom is -0.479 e. The van der Waals surface area contributed by atoms with Crippen molar-refractivity contribution in [1.82, 2.24) is 0 Å². The highest BCUT2D eigenvalue weighted by Gasteiger charge is 2.36. The first-order chi connectivity index (χ1) is 4.42. The van der Waals surface area contributed by atoms with Gasteiger partial charge in [0.25, 0.3) is 0 Å². The molecular formula is C6H11BrO3. The molecule has 0 fully saturated rings. The molecule has 0 amide bonds. The van der Waals surface area contributed by atoms with Gasteiger partial charge in [0.15, 0.2) is 5.60 Å². The molecule has 3 nitrogen and oxygen atoms in total. The Morgan fingerprint density at radius 2 is 2.20 bits per heavy atom. The molecule has 0 spiro atoms. The number of carbonyl (C=O) groups is 1. The van der Waals surface area contributed by atoms with E-state index in [0.29, 0.717) is 6.42 Å². The molecular weight excluding hydrogens is 200 g/mol. The third-order valence-corrected chi connectivity index (χ3v) is 2.94. The third kappa shape index (κ3) is 1.95. The molecule has 4 heteroatoms. The van der Waals surface area contributed by atoms with E-state index < -0.39 is 16.4 Å². The summed E-state index contributed by atoms with van der Waals surface area (Å²) >= 11 is 3.07. The molecule has 0 saturated carbocycles. The average Bonchev–Trinajstić information content (AvgIpc) is 1.86. The first-order valence-corrected chi connectivity index (χ1v) is 3.94. The van der Waals surface area contributed by atoms with Gasteiger partial charge >= 0.3 is 5.97 Å². The predicted octanol–water partition coefficient (Wildman–Crippen LogP) is 0.996. The second-order valence-corrected chi connectivity index (χ2v) is 3.43. The lowest BCUT2D eigenvalue weighted by Gasteiger charge is -2.22. The van der Waals surface area contributed by atoms with Crippen LogP contribution in [0.25, 0.3) is 0 Å². The van der Waals surface area contributed by atoms with Crippen LogP contribution in [-0.2, 0) is 4.79 Å². The summed E-state index contributed by atoms with van der Waals surface area (Å²) in [4.78, 5) is 9.95. The molecule has 0 saturated heterocycles. The van der Waals surface area contributed by atoms with Crippen molar-refractivity contribution in [1.29, 1.82) is 0 Å². The smallest absolute Gasteiger partial charge is 0.336 e. The molecule has 0 heterocycles. The minimum absolute atomic E-state index is 0.391. The van der Waals surface area contributed by atoms with Gasteiger partial charge < -0.3 is 10.2 Å². The molecule has 2 N–H and O–H groups in total. The Kier molecular flexibility index (Phi) is 3.31. The van der Waals surface area contributed by atoms with E-state index in [1.807, 2.05) is 0 Å². The van der Waals surface area contributed by atoms with Gasteiger partial charge in [0.2, 0.25) is 0 Å². The van der Waals surface area contributed by atoms with E-state index in [-0.39, 0.29) is 0 Å². The number of carboxylic acid groups (broad SMARTS) is 1. The van der Waals surface area contributed by atoms with Crippen molar-refractivity contribution in [3.8, 4) is 0 Å². The van der Waals surface area contributed by atoms with Gasteiger partial charge in [-0.15, -0.1) is 0 Å². The van der Waals surface area contributed by atoms with Gasteiger partial charge in [-0.05, 0) is 13.3 Å². The molecule has 2 atom stereocenters. The van der Waals surface area contributed by atoms with Crippen LogP contribution in [0.2, 0.25) is 0 Å². The molecule has 0 aromatic carbocycles. The Morgan fingerprint density at radius 3 is 2.30 bits per heavy atom. The minimum atomic E-state index is -1.66. The van der Waals surface area contributed by atoms with E-state index in [2.05, 4.69) is 15.9 Å². The summed E-state index contributed by atoms with van der Waals surface area (Å²) in [6.07, 6.45) is 0.583. The molecule has 0 aliphatic heterocycles. The highest BCUT2D eigenvalue weighted by molar-refractivity contribution is 9.09. The van der Waals surface area contributed by atoms with Crippen LogP contribution < -0.4 is 0 Å².